The fourth-order valence-corrected chi connectivity index (χ4v) is 5.80. The fourth-order valence-electron chi connectivity index (χ4n) is 5.24. The van der Waals surface area contributed by atoms with Crippen molar-refractivity contribution in [3.05, 3.63) is 92.4 Å². The Hall–Kier alpha value is -2.81. The first-order valence-corrected chi connectivity index (χ1v) is 13.9. The van der Waals surface area contributed by atoms with Crippen LogP contribution in [0.2, 0.25) is 15.1 Å². The van der Waals surface area contributed by atoms with Crippen LogP contribution in [0.15, 0.2) is 60.7 Å². The zero-order chi connectivity index (χ0) is 27.6. The second-order valence-electron chi connectivity index (χ2n) is 9.80. The first-order valence-electron chi connectivity index (χ1n) is 12.7. The van der Waals surface area contributed by atoms with Gasteiger partial charge in [-0.05, 0) is 48.0 Å². The van der Waals surface area contributed by atoms with Crippen molar-refractivity contribution in [1.82, 2.24) is 9.80 Å². The van der Waals surface area contributed by atoms with Gasteiger partial charge in [-0.2, -0.15) is 0 Å². The van der Waals surface area contributed by atoms with Gasteiger partial charge < -0.3 is 20.3 Å². The van der Waals surface area contributed by atoms with Gasteiger partial charge in [0.05, 0.1) is 12.2 Å². The molecule has 0 spiro atoms. The number of halogens is 3. The van der Waals surface area contributed by atoms with Crippen molar-refractivity contribution >= 4 is 58.0 Å². The lowest BCUT2D eigenvalue weighted by Gasteiger charge is -2.36. The standard InChI is InChI=1S/C29H29Cl3N4O3/c1-39-14-13-35-9-11-36(12-10-35)27(37)23-7-5-21(31)16-25(23)34-29(18-19-3-2-4-20(30)15-19)24-8-6-22(32)17-26(24)33-28(29)38/h2-8,15-17,34H,9-14,18H2,1H3,(H,33,38). The van der Waals surface area contributed by atoms with E-state index in [4.69, 9.17) is 39.5 Å². The van der Waals surface area contributed by atoms with Crippen LogP contribution in [0, 0.1) is 0 Å². The molecule has 1 unspecified atom stereocenters. The monoisotopic (exact) mass is 586 g/mol. The van der Waals surface area contributed by atoms with Gasteiger partial charge in [-0.25, -0.2) is 0 Å². The summed E-state index contributed by atoms with van der Waals surface area (Å²) in [4.78, 5) is 31.6. The maximum Gasteiger partial charge on any atom is 0.256 e. The average Bonchev–Trinajstić information content (AvgIpc) is 3.17. The van der Waals surface area contributed by atoms with Gasteiger partial charge in [-0.15, -0.1) is 0 Å². The summed E-state index contributed by atoms with van der Waals surface area (Å²) >= 11 is 19.0. The Morgan fingerprint density at radius 1 is 0.974 bits per heavy atom. The van der Waals surface area contributed by atoms with Crippen molar-refractivity contribution < 1.29 is 14.3 Å². The summed E-state index contributed by atoms with van der Waals surface area (Å²) in [6.45, 7) is 4.21. The highest BCUT2D eigenvalue weighted by Crippen LogP contribution is 2.43. The first kappa shape index (κ1) is 27.7. The van der Waals surface area contributed by atoms with Crippen LogP contribution in [0.3, 0.4) is 0 Å². The van der Waals surface area contributed by atoms with Crippen LogP contribution in [0.1, 0.15) is 21.5 Å². The molecular formula is C29H29Cl3N4O3. The molecule has 3 aromatic rings. The molecule has 1 saturated heterocycles. The molecule has 1 atom stereocenters. The Kier molecular flexibility index (Phi) is 8.35. The first-order chi connectivity index (χ1) is 18.8. The number of nitrogens with zero attached hydrogens (tertiary/aromatic N) is 2. The molecule has 0 aliphatic carbocycles. The van der Waals surface area contributed by atoms with E-state index in [0.29, 0.717) is 51.7 Å². The van der Waals surface area contributed by atoms with Crippen molar-refractivity contribution in [2.75, 3.05) is 57.1 Å². The maximum absolute atomic E-state index is 13.8. The van der Waals surface area contributed by atoms with Gasteiger partial charge in [-0.3, -0.25) is 14.5 Å². The molecule has 0 aromatic heterocycles. The van der Waals surface area contributed by atoms with Crippen LogP contribution >= 0.6 is 34.8 Å². The highest BCUT2D eigenvalue weighted by Gasteiger charge is 2.47. The smallest absolute Gasteiger partial charge is 0.256 e. The second kappa shape index (κ2) is 11.7. The van der Waals surface area contributed by atoms with E-state index in [9.17, 15) is 9.59 Å². The van der Waals surface area contributed by atoms with E-state index in [2.05, 4.69) is 15.5 Å². The predicted octanol–water partition coefficient (Wildman–Crippen LogP) is 5.55. The fraction of sp³-hybridized carbons (Fsp3) is 0.310. The second-order valence-corrected chi connectivity index (χ2v) is 11.1. The number of anilines is 2. The van der Waals surface area contributed by atoms with Crippen LogP contribution in [-0.2, 0) is 21.5 Å². The Bertz CT molecular complexity index is 1390. The lowest BCUT2D eigenvalue weighted by Crippen LogP contribution is -2.49. The van der Waals surface area contributed by atoms with Crippen molar-refractivity contribution in [3.8, 4) is 0 Å². The molecule has 0 radical (unpaired) electrons. The number of carbonyl (C=O) groups excluding carboxylic acids is 2. The van der Waals surface area contributed by atoms with Crippen LogP contribution in [0.5, 0.6) is 0 Å². The summed E-state index contributed by atoms with van der Waals surface area (Å²) in [5.41, 5.74) is 1.89. The SMILES string of the molecule is COCCN1CCN(C(=O)c2ccc(Cl)cc2NC2(Cc3cccc(Cl)c3)C(=O)Nc3cc(Cl)ccc32)CC1. The number of hydrogen-bond donors (Lipinski definition) is 2. The van der Waals surface area contributed by atoms with Crippen LogP contribution in [0.25, 0.3) is 0 Å². The van der Waals surface area contributed by atoms with Gasteiger partial charge in [0.15, 0.2) is 0 Å². The number of fused-ring (bicyclic) bond motifs is 1. The van der Waals surface area contributed by atoms with E-state index < -0.39 is 5.54 Å². The average molecular weight is 588 g/mol. The number of methoxy groups -OCH3 is 1. The van der Waals surface area contributed by atoms with Gasteiger partial charge >= 0.3 is 0 Å². The van der Waals surface area contributed by atoms with Crippen LogP contribution < -0.4 is 10.6 Å². The zero-order valence-corrected chi connectivity index (χ0v) is 23.7. The van der Waals surface area contributed by atoms with Crippen LogP contribution in [-0.4, -0.2) is 68.1 Å². The maximum atomic E-state index is 13.8. The number of piperazine rings is 1. The molecule has 1 fully saturated rings. The molecule has 204 valence electrons. The summed E-state index contributed by atoms with van der Waals surface area (Å²) in [5.74, 6) is -0.377. The molecule has 2 N–H and O–H groups in total. The molecule has 3 aromatic carbocycles. The number of ether oxygens (including phenoxy) is 1. The molecule has 2 amide bonds. The number of amides is 2. The molecule has 2 heterocycles. The lowest BCUT2D eigenvalue weighted by molar-refractivity contribution is -0.119. The van der Waals surface area contributed by atoms with E-state index in [1.54, 1.807) is 43.5 Å². The van der Waals surface area contributed by atoms with Crippen LogP contribution in [0.4, 0.5) is 11.4 Å². The molecule has 10 heteroatoms. The van der Waals surface area contributed by atoms with Gasteiger partial charge in [0.2, 0.25) is 0 Å². The van der Waals surface area contributed by atoms with E-state index in [1.807, 2.05) is 29.2 Å². The van der Waals surface area contributed by atoms with Gasteiger partial charge in [0.1, 0.15) is 5.54 Å². The molecule has 0 bridgehead atoms. The topological polar surface area (TPSA) is 73.9 Å². The Morgan fingerprint density at radius 2 is 1.69 bits per heavy atom. The van der Waals surface area contributed by atoms with Gasteiger partial charge in [0.25, 0.3) is 11.8 Å². The third kappa shape index (κ3) is 5.88. The third-order valence-corrected chi connectivity index (χ3v) is 7.97. The minimum Gasteiger partial charge on any atom is -0.383 e. The van der Waals surface area contributed by atoms with E-state index in [1.165, 1.54) is 0 Å². The van der Waals surface area contributed by atoms with Crippen molar-refractivity contribution in [1.29, 1.82) is 0 Å². The zero-order valence-electron chi connectivity index (χ0n) is 21.5. The molecule has 2 aliphatic heterocycles. The Balaban J connectivity index is 1.50. The highest BCUT2D eigenvalue weighted by molar-refractivity contribution is 6.32. The summed E-state index contributed by atoms with van der Waals surface area (Å²) in [6, 6.07) is 17.8. The lowest BCUT2D eigenvalue weighted by atomic mass is 9.84. The molecule has 2 aliphatic rings. The molecule has 39 heavy (non-hydrogen) atoms. The number of hydrogen-bond acceptors (Lipinski definition) is 5. The van der Waals surface area contributed by atoms with E-state index in [0.717, 1.165) is 30.8 Å². The molecule has 7 nitrogen and oxygen atoms in total. The Labute approximate surface area is 243 Å². The normalized spacial score (nSPS) is 19.1. The van der Waals surface area contributed by atoms with E-state index >= 15 is 0 Å². The minimum absolute atomic E-state index is 0.117. The van der Waals surface area contributed by atoms with E-state index in [-0.39, 0.29) is 18.2 Å². The summed E-state index contributed by atoms with van der Waals surface area (Å²) in [7, 11) is 1.69. The van der Waals surface area contributed by atoms with Crippen molar-refractivity contribution in [3.63, 3.8) is 0 Å². The molecular weight excluding hydrogens is 559 g/mol. The number of benzene rings is 3. The van der Waals surface area contributed by atoms with Gasteiger partial charge in [0, 0.05) is 78.3 Å². The minimum atomic E-state index is -1.23. The molecule has 5 rings (SSSR count). The summed E-state index contributed by atoms with van der Waals surface area (Å²) in [6.07, 6.45) is 0.284. The quantitative estimate of drug-likeness (QED) is 0.361. The Morgan fingerprint density at radius 3 is 2.44 bits per heavy atom. The number of nitrogens with one attached hydrogen (secondary N) is 2. The number of rotatable bonds is 8. The summed E-state index contributed by atoms with van der Waals surface area (Å²) in [5, 5.41) is 7.96. The highest BCUT2D eigenvalue weighted by atomic mass is 35.5. The third-order valence-electron chi connectivity index (χ3n) is 7.27. The van der Waals surface area contributed by atoms with Gasteiger partial charge in [-0.1, -0.05) is 53.0 Å². The largest absolute Gasteiger partial charge is 0.383 e. The van der Waals surface area contributed by atoms with Crippen molar-refractivity contribution in [2.24, 2.45) is 0 Å². The van der Waals surface area contributed by atoms with Crippen molar-refractivity contribution in [2.45, 2.75) is 12.0 Å². The summed E-state index contributed by atoms with van der Waals surface area (Å²) < 4.78 is 5.19. The number of carbonyl (C=O) groups is 2. The predicted molar refractivity (Wildman–Crippen MR) is 156 cm³/mol. The molecule has 0 saturated carbocycles.